The Kier molecular flexibility index (Phi) is 7.65. The molecule has 4 aliphatic rings. The van der Waals surface area contributed by atoms with Gasteiger partial charge in [-0.1, -0.05) is 171 Å². The number of para-hydroxylation sites is 2. The molecule has 0 atom stereocenters. The summed E-state index contributed by atoms with van der Waals surface area (Å²) in [6.45, 7) is 19.4. The molecular formula is C70H53NO2. The quantitative estimate of drug-likeness (QED) is 0.177. The summed E-state index contributed by atoms with van der Waals surface area (Å²) in [5, 5.41) is 7.24. The van der Waals surface area contributed by atoms with E-state index in [2.05, 4.69) is 236 Å². The lowest BCUT2D eigenvalue weighted by atomic mass is 9.72. The second-order valence-electron chi connectivity index (χ2n) is 23.5. The highest BCUT2D eigenvalue weighted by molar-refractivity contribution is 6.21. The van der Waals surface area contributed by atoms with Crippen LogP contribution in [0.15, 0.2) is 185 Å². The Labute approximate surface area is 425 Å². The van der Waals surface area contributed by atoms with Crippen LogP contribution in [0.5, 0.6) is 0 Å². The van der Waals surface area contributed by atoms with Crippen LogP contribution in [0.3, 0.4) is 0 Å². The van der Waals surface area contributed by atoms with Gasteiger partial charge in [-0.2, -0.15) is 0 Å². The number of nitrogens with zero attached hydrogens (tertiary/aromatic N) is 1. The molecule has 3 nitrogen and oxygen atoms in total. The van der Waals surface area contributed by atoms with Crippen molar-refractivity contribution in [2.75, 3.05) is 4.90 Å². The lowest BCUT2D eigenvalue weighted by Crippen LogP contribution is -2.24. The van der Waals surface area contributed by atoms with Crippen LogP contribution in [0.1, 0.15) is 99.9 Å². The van der Waals surface area contributed by atoms with Crippen LogP contribution in [0.25, 0.3) is 99.2 Å². The Morgan fingerprint density at radius 3 is 1.66 bits per heavy atom. The average Bonchev–Trinajstić information content (AvgIpc) is 4.20. The molecular weight excluding hydrogens is 887 g/mol. The minimum absolute atomic E-state index is 0.179. The highest BCUT2D eigenvalue weighted by Gasteiger charge is 2.49. The highest BCUT2D eigenvalue weighted by atomic mass is 16.3. The molecule has 16 rings (SSSR count). The van der Waals surface area contributed by atoms with Gasteiger partial charge in [0.1, 0.15) is 22.3 Å². The summed E-state index contributed by atoms with van der Waals surface area (Å²) in [6, 6.07) is 66.0. The van der Waals surface area contributed by atoms with Gasteiger partial charge in [-0.15, -0.1) is 0 Å². The Morgan fingerprint density at radius 1 is 0.329 bits per heavy atom. The summed E-state index contributed by atoms with van der Waals surface area (Å²) < 4.78 is 13.5. The number of fused-ring (bicyclic) bond motifs is 23. The van der Waals surface area contributed by atoms with Crippen LogP contribution in [0, 0.1) is 0 Å². The van der Waals surface area contributed by atoms with Crippen LogP contribution in [0.4, 0.5) is 17.1 Å². The summed E-state index contributed by atoms with van der Waals surface area (Å²) in [5.74, 6) is 0. The van der Waals surface area contributed by atoms with Crippen LogP contribution < -0.4 is 4.90 Å². The molecule has 350 valence electrons. The van der Waals surface area contributed by atoms with Crippen molar-refractivity contribution < 1.29 is 8.83 Å². The van der Waals surface area contributed by atoms with E-state index in [9.17, 15) is 0 Å². The van der Waals surface area contributed by atoms with E-state index in [0.29, 0.717) is 0 Å². The van der Waals surface area contributed by atoms with Crippen molar-refractivity contribution in [1.29, 1.82) is 0 Å². The fourth-order valence-corrected chi connectivity index (χ4v) is 14.9. The third-order valence-corrected chi connectivity index (χ3v) is 18.4. The van der Waals surface area contributed by atoms with Crippen LogP contribution >= 0.6 is 0 Å². The molecule has 0 bridgehead atoms. The van der Waals surface area contributed by atoms with Crippen molar-refractivity contribution in [3.63, 3.8) is 0 Å². The number of hydrogen-bond acceptors (Lipinski definition) is 3. The normalized spacial score (nSPS) is 16.4. The van der Waals surface area contributed by atoms with Gasteiger partial charge in [-0.25, -0.2) is 0 Å². The molecule has 0 saturated carbocycles. The van der Waals surface area contributed by atoms with Crippen molar-refractivity contribution >= 4 is 71.7 Å². The summed E-state index contributed by atoms with van der Waals surface area (Å²) in [4.78, 5) is 2.54. The van der Waals surface area contributed by atoms with Crippen molar-refractivity contribution in [2.24, 2.45) is 0 Å². The summed E-state index contributed by atoms with van der Waals surface area (Å²) in [6.07, 6.45) is 0. The zero-order chi connectivity index (χ0) is 49.2. The van der Waals surface area contributed by atoms with E-state index in [-0.39, 0.29) is 21.7 Å². The lowest BCUT2D eigenvalue weighted by molar-refractivity contribution is 0.600. The summed E-state index contributed by atoms with van der Waals surface area (Å²) in [7, 11) is 0. The standard InChI is InChI=1S/C70H53NO2/c1-67(2)50-32-33-58-60(45-22-12-15-26-56(45)72-58)59(50)48-37-53-47(36-54(48)67)42-30-28-39(34-51(42)68(53,3)4)71(55-25-17-19-38-18-9-10-20-41(38)55)40-29-31-44-52(35-40)70(7,8)64-61(44)62-46-23-13-16-27-57(46)73-66(62)63-43-21-11-14-24-49(43)69(5,6)65(63)64/h9-37H,1-8H3. The summed E-state index contributed by atoms with van der Waals surface area (Å²) >= 11 is 0. The average molecular weight is 940 g/mol. The Hall–Kier alpha value is -8.14. The number of rotatable bonds is 3. The molecule has 2 aromatic heterocycles. The van der Waals surface area contributed by atoms with Crippen LogP contribution in [-0.4, -0.2) is 0 Å². The predicted molar refractivity (Wildman–Crippen MR) is 303 cm³/mol. The van der Waals surface area contributed by atoms with E-state index < -0.39 is 0 Å². The number of benzene rings is 10. The Balaban J connectivity index is 0.902. The molecule has 0 aliphatic heterocycles. The first-order valence-corrected chi connectivity index (χ1v) is 26.1. The highest BCUT2D eigenvalue weighted by Crippen LogP contribution is 2.64. The molecule has 12 aromatic rings. The van der Waals surface area contributed by atoms with Gasteiger partial charge in [0.05, 0.1) is 5.69 Å². The largest absolute Gasteiger partial charge is 0.456 e. The van der Waals surface area contributed by atoms with E-state index in [0.717, 1.165) is 39.4 Å². The lowest BCUT2D eigenvalue weighted by Gasteiger charge is -2.32. The van der Waals surface area contributed by atoms with Gasteiger partial charge in [0.15, 0.2) is 0 Å². The van der Waals surface area contributed by atoms with Crippen molar-refractivity contribution in [1.82, 2.24) is 0 Å². The SMILES string of the molecule is CC1(C)c2cc(N(c3ccc4c(c3)C(C)(C)c3c5c(c6oc7ccccc7c6c3-4)-c3ccccc3C5(C)C)c3cccc4ccccc34)ccc2-c2cc3c(cc21)-c1c(ccc2oc4ccccc4c12)C3(C)C. The van der Waals surface area contributed by atoms with Crippen molar-refractivity contribution in [3.05, 3.63) is 220 Å². The monoisotopic (exact) mass is 939 g/mol. The van der Waals surface area contributed by atoms with E-state index in [1.807, 2.05) is 0 Å². The minimum Gasteiger partial charge on any atom is -0.456 e. The first-order valence-electron chi connectivity index (χ1n) is 26.1. The van der Waals surface area contributed by atoms with Gasteiger partial charge >= 0.3 is 0 Å². The Morgan fingerprint density at radius 2 is 0.877 bits per heavy atom. The molecule has 0 radical (unpaired) electrons. The maximum Gasteiger partial charge on any atom is 0.144 e. The van der Waals surface area contributed by atoms with Crippen molar-refractivity contribution in [3.8, 4) is 44.5 Å². The van der Waals surface area contributed by atoms with Crippen molar-refractivity contribution in [2.45, 2.75) is 77.0 Å². The molecule has 2 heterocycles. The number of hydrogen-bond donors (Lipinski definition) is 0. The molecule has 73 heavy (non-hydrogen) atoms. The third kappa shape index (κ3) is 5.01. The van der Waals surface area contributed by atoms with Gasteiger partial charge in [-0.05, 0) is 150 Å². The van der Waals surface area contributed by atoms with Gasteiger partial charge in [0.25, 0.3) is 0 Å². The molecule has 0 saturated heterocycles. The van der Waals surface area contributed by atoms with Gasteiger partial charge < -0.3 is 13.7 Å². The third-order valence-electron chi connectivity index (χ3n) is 18.4. The van der Waals surface area contributed by atoms with E-state index in [1.165, 1.54) is 121 Å². The molecule has 0 N–H and O–H groups in total. The molecule has 10 aromatic carbocycles. The first-order chi connectivity index (χ1) is 35.2. The zero-order valence-corrected chi connectivity index (χ0v) is 42.5. The maximum absolute atomic E-state index is 7.01. The predicted octanol–water partition coefficient (Wildman–Crippen LogP) is 19.3. The molecule has 0 amide bonds. The van der Waals surface area contributed by atoms with Gasteiger partial charge in [0, 0.05) is 65.5 Å². The second kappa shape index (κ2) is 13.5. The van der Waals surface area contributed by atoms with E-state index in [4.69, 9.17) is 8.83 Å². The Bertz CT molecular complexity index is 4500. The van der Waals surface area contributed by atoms with E-state index in [1.54, 1.807) is 0 Å². The molecule has 0 fully saturated rings. The maximum atomic E-state index is 7.01. The van der Waals surface area contributed by atoms with Crippen LogP contribution in [0.2, 0.25) is 0 Å². The number of anilines is 3. The van der Waals surface area contributed by atoms with Gasteiger partial charge in [-0.3, -0.25) is 0 Å². The number of furan rings is 2. The van der Waals surface area contributed by atoms with Gasteiger partial charge in [0.2, 0.25) is 0 Å². The first kappa shape index (κ1) is 41.5. The van der Waals surface area contributed by atoms with Crippen LogP contribution in [-0.2, 0) is 21.7 Å². The fourth-order valence-electron chi connectivity index (χ4n) is 14.9. The zero-order valence-electron chi connectivity index (χ0n) is 42.5. The molecule has 3 heteroatoms. The minimum atomic E-state index is -0.330. The molecule has 0 unspecified atom stereocenters. The molecule has 0 spiro atoms. The molecule has 4 aliphatic carbocycles. The smallest absolute Gasteiger partial charge is 0.144 e. The second-order valence-corrected chi connectivity index (χ2v) is 23.5. The topological polar surface area (TPSA) is 29.5 Å². The fraction of sp³-hybridized carbons (Fsp3) is 0.171. The summed E-state index contributed by atoms with van der Waals surface area (Å²) in [5.41, 5.74) is 27.7. The van der Waals surface area contributed by atoms with E-state index >= 15 is 0 Å².